The molecule has 1 aliphatic heterocycles. The average molecular weight is 420 g/mol. The first-order valence-corrected chi connectivity index (χ1v) is 10.7. The summed E-state index contributed by atoms with van der Waals surface area (Å²) < 4.78 is 10.0. The van der Waals surface area contributed by atoms with Crippen molar-refractivity contribution in [1.29, 1.82) is 0 Å². The summed E-state index contributed by atoms with van der Waals surface area (Å²) in [5, 5.41) is 0. The van der Waals surface area contributed by atoms with Gasteiger partial charge in [-0.05, 0) is 58.8 Å². The Morgan fingerprint density at radius 1 is 1.17 bits per heavy atom. The van der Waals surface area contributed by atoms with E-state index in [2.05, 4.69) is 16.8 Å². The molecule has 0 aromatic carbocycles. The highest BCUT2D eigenvalue weighted by Gasteiger charge is 2.28. The van der Waals surface area contributed by atoms with E-state index in [0.717, 1.165) is 25.9 Å². The van der Waals surface area contributed by atoms with Crippen molar-refractivity contribution >= 4 is 17.8 Å². The van der Waals surface area contributed by atoms with Gasteiger partial charge in [-0.2, -0.15) is 0 Å². The van der Waals surface area contributed by atoms with Crippen molar-refractivity contribution in [3.8, 4) is 0 Å². The Morgan fingerprint density at radius 3 is 2.53 bits per heavy atom. The summed E-state index contributed by atoms with van der Waals surface area (Å²) in [4.78, 5) is 45.5. The van der Waals surface area contributed by atoms with Gasteiger partial charge in [-0.25, -0.2) is 9.78 Å². The van der Waals surface area contributed by atoms with Gasteiger partial charge in [0.15, 0.2) is 0 Å². The van der Waals surface area contributed by atoms with Crippen molar-refractivity contribution in [2.24, 2.45) is 0 Å². The van der Waals surface area contributed by atoms with E-state index in [9.17, 15) is 14.4 Å². The van der Waals surface area contributed by atoms with Gasteiger partial charge < -0.3 is 14.4 Å². The molecule has 0 aliphatic carbocycles. The molecule has 8 heteroatoms. The number of aromatic nitrogens is 1. The molecule has 0 saturated carbocycles. The lowest BCUT2D eigenvalue weighted by Crippen LogP contribution is -2.44. The van der Waals surface area contributed by atoms with E-state index < -0.39 is 5.97 Å². The van der Waals surface area contributed by atoms with Crippen LogP contribution in [0.2, 0.25) is 0 Å². The van der Waals surface area contributed by atoms with E-state index in [1.165, 1.54) is 0 Å². The molecule has 30 heavy (non-hydrogen) atoms. The van der Waals surface area contributed by atoms with Gasteiger partial charge in [0, 0.05) is 19.1 Å². The third kappa shape index (κ3) is 6.26. The number of amides is 1. The number of carbonyl (C=O) groups is 3. The number of nitrogens with zero attached hydrogens (tertiary/aromatic N) is 3. The smallest absolute Gasteiger partial charge is 0.339 e. The van der Waals surface area contributed by atoms with Crippen LogP contribution in [0.3, 0.4) is 0 Å². The van der Waals surface area contributed by atoms with Crippen LogP contribution in [0.5, 0.6) is 0 Å². The Morgan fingerprint density at radius 2 is 1.90 bits per heavy atom. The van der Waals surface area contributed by atoms with Crippen molar-refractivity contribution in [2.45, 2.75) is 53.0 Å². The molecule has 2 rings (SSSR count). The monoisotopic (exact) mass is 419 g/mol. The first-order valence-electron chi connectivity index (χ1n) is 10.7. The summed E-state index contributed by atoms with van der Waals surface area (Å²) in [7, 11) is 0. The molecule has 1 aliphatic rings. The highest BCUT2D eigenvalue weighted by molar-refractivity contribution is 5.95. The molecule has 1 aromatic heterocycles. The SMILES string of the molecule is CCOC(=O)CCN(CC1CCCN1CC)C(=O)c1ccc(C(=O)OCC)c(C)n1. The van der Waals surface area contributed by atoms with Crippen LogP contribution in [-0.2, 0) is 14.3 Å². The minimum atomic E-state index is -0.454. The van der Waals surface area contributed by atoms with Crippen molar-refractivity contribution < 1.29 is 23.9 Å². The van der Waals surface area contributed by atoms with Crippen LogP contribution in [0, 0.1) is 6.92 Å². The fourth-order valence-electron chi connectivity index (χ4n) is 3.77. The van der Waals surface area contributed by atoms with Crippen LogP contribution < -0.4 is 0 Å². The first kappa shape index (κ1) is 23.8. The number of rotatable bonds is 10. The van der Waals surface area contributed by atoms with Crippen LogP contribution in [0.15, 0.2) is 12.1 Å². The molecule has 0 N–H and O–H groups in total. The standard InChI is InChI=1S/C22H33N3O5/c1-5-24-13-8-9-17(24)15-25(14-12-20(26)29-6-2)21(27)19-11-10-18(16(4)23-19)22(28)30-7-3/h10-11,17H,5-9,12-15H2,1-4H3. The van der Waals surface area contributed by atoms with Gasteiger partial charge in [0.2, 0.25) is 0 Å². The maximum Gasteiger partial charge on any atom is 0.339 e. The van der Waals surface area contributed by atoms with Gasteiger partial charge in [-0.15, -0.1) is 0 Å². The van der Waals surface area contributed by atoms with Crippen molar-refractivity contribution in [3.63, 3.8) is 0 Å². The second-order valence-electron chi connectivity index (χ2n) is 7.28. The number of aryl methyl sites for hydroxylation is 1. The molecule has 0 radical (unpaired) electrons. The van der Waals surface area contributed by atoms with E-state index in [0.29, 0.717) is 24.4 Å². The molecule has 1 saturated heterocycles. The van der Waals surface area contributed by atoms with E-state index in [-0.39, 0.29) is 43.2 Å². The lowest BCUT2D eigenvalue weighted by molar-refractivity contribution is -0.143. The Kier molecular flexibility index (Phi) is 9.23. The molecule has 1 amide bonds. The predicted molar refractivity (Wildman–Crippen MR) is 112 cm³/mol. The molecule has 0 bridgehead atoms. The van der Waals surface area contributed by atoms with Crippen LogP contribution >= 0.6 is 0 Å². The summed E-state index contributed by atoms with van der Waals surface area (Å²) in [5.74, 6) is -1.03. The van der Waals surface area contributed by atoms with Crippen molar-refractivity contribution in [1.82, 2.24) is 14.8 Å². The highest BCUT2D eigenvalue weighted by Crippen LogP contribution is 2.19. The highest BCUT2D eigenvalue weighted by atomic mass is 16.5. The van der Waals surface area contributed by atoms with Crippen LogP contribution in [0.4, 0.5) is 0 Å². The van der Waals surface area contributed by atoms with Gasteiger partial charge >= 0.3 is 11.9 Å². The maximum absolute atomic E-state index is 13.2. The summed E-state index contributed by atoms with van der Waals surface area (Å²) in [6, 6.07) is 3.39. The number of carbonyl (C=O) groups excluding carboxylic acids is 3. The Hall–Kier alpha value is -2.48. The lowest BCUT2D eigenvalue weighted by Gasteiger charge is -2.30. The molecule has 166 valence electrons. The third-order valence-electron chi connectivity index (χ3n) is 5.32. The number of ether oxygens (including phenoxy) is 2. The number of hydrogen-bond acceptors (Lipinski definition) is 7. The second kappa shape index (κ2) is 11.6. The first-order chi connectivity index (χ1) is 14.4. The predicted octanol–water partition coefficient (Wildman–Crippen LogP) is 2.45. The van der Waals surface area contributed by atoms with E-state index in [4.69, 9.17) is 9.47 Å². The molecular weight excluding hydrogens is 386 g/mol. The molecular formula is C22H33N3O5. The molecule has 1 unspecified atom stereocenters. The quantitative estimate of drug-likeness (QED) is 0.538. The fraction of sp³-hybridized carbons (Fsp3) is 0.636. The summed E-state index contributed by atoms with van der Waals surface area (Å²) in [5.41, 5.74) is 1.05. The Labute approximate surface area is 178 Å². The van der Waals surface area contributed by atoms with Gasteiger partial charge in [-0.1, -0.05) is 6.92 Å². The topological polar surface area (TPSA) is 89.0 Å². The molecule has 0 spiro atoms. The molecule has 8 nitrogen and oxygen atoms in total. The normalized spacial score (nSPS) is 16.3. The minimum Gasteiger partial charge on any atom is -0.466 e. The minimum absolute atomic E-state index is 0.137. The molecule has 1 atom stereocenters. The van der Waals surface area contributed by atoms with Gasteiger partial charge in [0.1, 0.15) is 5.69 Å². The number of hydrogen-bond donors (Lipinski definition) is 0. The average Bonchev–Trinajstić information content (AvgIpc) is 3.18. The van der Waals surface area contributed by atoms with Crippen molar-refractivity contribution in [3.05, 3.63) is 29.1 Å². The van der Waals surface area contributed by atoms with E-state index >= 15 is 0 Å². The third-order valence-corrected chi connectivity index (χ3v) is 5.32. The zero-order valence-corrected chi connectivity index (χ0v) is 18.5. The molecule has 1 aromatic rings. The fourth-order valence-corrected chi connectivity index (χ4v) is 3.77. The molecule has 1 fully saturated rings. The zero-order valence-electron chi connectivity index (χ0n) is 18.5. The number of likely N-dealkylation sites (N-methyl/N-ethyl adjacent to an activating group) is 1. The largest absolute Gasteiger partial charge is 0.466 e. The van der Waals surface area contributed by atoms with Gasteiger partial charge in [0.25, 0.3) is 5.91 Å². The van der Waals surface area contributed by atoms with Crippen LogP contribution in [-0.4, -0.2) is 78.1 Å². The lowest BCUT2D eigenvalue weighted by atomic mass is 10.1. The van der Waals surface area contributed by atoms with Gasteiger partial charge in [-0.3, -0.25) is 14.5 Å². The van der Waals surface area contributed by atoms with Gasteiger partial charge in [0.05, 0.1) is 30.9 Å². The van der Waals surface area contributed by atoms with E-state index in [1.807, 2.05) is 0 Å². The Balaban J connectivity index is 2.19. The molecule has 2 heterocycles. The number of pyridine rings is 1. The summed E-state index contributed by atoms with van der Waals surface area (Å²) >= 11 is 0. The van der Waals surface area contributed by atoms with Crippen LogP contribution in [0.1, 0.15) is 66.6 Å². The number of esters is 2. The zero-order chi connectivity index (χ0) is 22.1. The van der Waals surface area contributed by atoms with Crippen LogP contribution in [0.25, 0.3) is 0 Å². The summed E-state index contributed by atoms with van der Waals surface area (Å²) in [6.45, 7) is 10.6. The number of likely N-dealkylation sites (tertiary alicyclic amines) is 1. The Bertz CT molecular complexity index is 752. The van der Waals surface area contributed by atoms with E-state index in [1.54, 1.807) is 37.8 Å². The van der Waals surface area contributed by atoms with Crippen molar-refractivity contribution in [2.75, 3.05) is 39.4 Å². The second-order valence-corrected chi connectivity index (χ2v) is 7.28. The summed E-state index contributed by atoms with van der Waals surface area (Å²) in [6.07, 6.45) is 2.26. The maximum atomic E-state index is 13.2.